The Morgan fingerprint density at radius 3 is 2.19 bits per heavy atom. The topological polar surface area (TPSA) is 81.1 Å². The van der Waals surface area contributed by atoms with E-state index in [-0.39, 0.29) is 24.4 Å². The Morgan fingerprint density at radius 2 is 1.71 bits per heavy atom. The summed E-state index contributed by atoms with van der Waals surface area (Å²) < 4.78 is 0. The van der Waals surface area contributed by atoms with Crippen molar-refractivity contribution in [1.29, 1.82) is 0 Å². The van der Waals surface area contributed by atoms with Crippen LogP contribution in [0.2, 0.25) is 0 Å². The first kappa shape index (κ1) is 16.1. The van der Waals surface area contributed by atoms with E-state index < -0.39 is 18.1 Å². The molecule has 2 saturated heterocycles. The summed E-state index contributed by atoms with van der Waals surface area (Å²) in [5.74, 6) is -0.453. The van der Waals surface area contributed by atoms with Crippen molar-refractivity contribution in [1.82, 2.24) is 9.80 Å². The number of aliphatic carboxylic acids is 1. The van der Waals surface area contributed by atoms with Gasteiger partial charge in [-0.2, -0.15) is 0 Å². The molecule has 2 aliphatic rings. The molecule has 2 heterocycles. The number of hydrogen-bond acceptors (Lipinski definition) is 3. The van der Waals surface area contributed by atoms with E-state index in [1.54, 1.807) is 4.90 Å². The standard InChI is InChI=1S/C15H26N2O4/c1-15(2,3)10-4-6-16(7-5-10)14(21)17-9-11(18)8-12(17)13(19)20/h10-12,18H,4-9H2,1-3H3,(H,19,20)/t11-,12-/m0/s1. The van der Waals surface area contributed by atoms with Crippen LogP contribution in [0.5, 0.6) is 0 Å². The second-order valence-corrected chi connectivity index (χ2v) is 7.31. The average Bonchev–Trinajstić information content (AvgIpc) is 2.79. The van der Waals surface area contributed by atoms with Gasteiger partial charge in [0.15, 0.2) is 0 Å². The van der Waals surface area contributed by atoms with Gasteiger partial charge in [0.25, 0.3) is 0 Å². The van der Waals surface area contributed by atoms with Crippen molar-refractivity contribution in [2.75, 3.05) is 19.6 Å². The quantitative estimate of drug-likeness (QED) is 0.766. The van der Waals surface area contributed by atoms with Crippen LogP contribution in [0.3, 0.4) is 0 Å². The number of likely N-dealkylation sites (tertiary alicyclic amines) is 2. The molecule has 2 atom stereocenters. The molecule has 2 aliphatic heterocycles. The highest BCUT2D eigenvalue weighted by Gasteiger charge is 2.41. The van der Waals surface area contributed by atoms with Crippen molar-refractivity contribution in [3.8, 4) is 0 Å². The molecule has 0 saturated carbocycles. The van der Waals surface area contributed by atoms with E-state index in [1.807, 2.05) is 0 Å². The van der Waals surface area contributed by atoms with E-state index in [0.29, 0.717) is 19.0 Å². The number of aliphatic hydroxyl groups excluding tert-OH is 1. The Bertz CT molecular complexity index is 410. The largest absolute Gasteiger partial charge is 0.480 e. The van der Waals surface area contributed by atoms with E-state index in [1.165, 1.54) is 4.90 Å². The zero-order valence-electron chi connectivity index (χ0n) is 13.1. The van der Waals surface area contributed by atoms with Gasteiger partial charge in [0.1, 0.15) is 6.04 Å². The third-order valence-electron chi connectivity index (χ3n) is 4.80. The number of β-amino-alcohol motifs (C(OH)–C–C–N with tert-alkyl or cyclic N) is 1. The van der Waals surface area contributed by atoms with E-state index in [4.69, 9.17) is 0 Å². The van der Waals surface area contributed by atoms with Gasteiger partial charge in [0.05, 0.1) is 6.10 Å². The summed E-state index contributed by atoms with van der Waals surface area (Å²) in [5, 5.41) is 18.8. The van der Waals surface area contributed by atoms with Crippen molar-refractivity contribution >= 4 is 12.0 Å². The van der Waals surface area contributed by atoms with Gasteiger partial charge in [-0.3, -0.25) is 0 Å². The van der Waals surface area contributed by atoms with E-state index >= 15 is 0 Å². The number of rotatable bonds is 1. The van der Waals surface area contributed by atoms with Crippen LogP contribution in [0.1, 0.15) is 40.0 Å². The first-order chi connectivity index (χ1) is 9.70. The van der Waals surface area contributed by atoms with Crippen LogP contribution >= 0.6 is 0 Å². The Hall–Kier alpha value is -1.30. The van der Waals surface area contributed by atoms with Gasteiger partial charge in [-0.15, -0.1) is 0 Å². The fourth-order valence-corrected chi connectivity index (χ4v) is 3.38. The number of carboxylic acids is 1. The third kappa shape index (κ3) is 3.48. The molecule has 2 amide bonds. The summed E-state index contributed by atoms with van der Waals surface area (Å²) >= 11 is 0. The second-order valence-electron chi connectivity index (χ2n) is 7.31. The molecule has 6 nitrogen and oxygen atoms in total. The van der Waals surface area contributed by atoms with Crippen molar-refractivity contribution in [3.05, 3.63) is 0 Å². The highest BCUT2D eigenvalue weighted by atomic mass is 16.4. The molecule has 6 heteroatoms. The minimum absolute atomic E-state index is 0.120. The van der Waals surface area contributed by atoms with Crippen LogP contribution in [0.15, 0.2) is 0 Å². The molecular formula is C15H26N2O4. The number of urea groups is 1. The van der Waals surface area contributed by atoms with Gasteiger partial charge in [-0.25, -0.2) is 9.59 Å². The van der Waals surface area contributed by atoms with Gasteiger partial charge in [-0.05, 0) is 24.2 Å². The fraction of sp³-hybridized carbons (Fsp3) is 0.867. The molecule has 0 aromatic rings. The monoisotopic (exact) mass is 298 g/mol. The number of carbonyl (C=O) groups excluding carboxylic acids is 1. The average molecular weight is 298 g/mol. The molecule has 0 unspecified atom stereocenters. The number of carboxylic acid groups (broad SMARTS) is 1. The zero-order valence-corrected chi connectivity index (χ0v) is 13.1. The number of amides is 2. The van der Waals surface area contributed by atoms with E-state index in [9.17, 15) is 19.8 Å². The van der Waals surface area contributed by atoms with Crippen molar-refractivity contribution in [2.24, 2.45) is 11.3 Å². The second kappa shape index (κ2) is 5.83. The Labute approximate surface area is 125 Å². The zero-order chi connectivity index (χ0) is 15.8. The minimum Gasteiger partial charge on any atom is -0.480 e. The fourth-order valence-electron chi connectivity index (χ4n) is 3.38. The number of piperidine rings is 1. The van der Waals surface area contributed by atoms with Crippen molar-refractivity contribution < 1.29 is 19.8 Å². The van der Waals surface area contributed by atoms with Crippen LogP contribution < -0.4 is 0 Å². The molecule has 2 N–H and O–H groups in total. The molecule has 0 spiro atoms. The van der Waals surface area contributed by atoms with Crippen LogP contribution in [0, 0.1) is 11.3 Å². The molecule has 2 rings (SSSR count). The molecule has 0 bridgehead atoms. The molecule has 0 aromatic heterocycles. The summed E-state index contributed by atoms with van der Waals surface area (Å²) in [6.07, 6.45) is 1.29. The van der Waals surface area contributed by atoms with Gasteiger partial charge in [-0.1, -0.05) is 20.8 Å². The van der Waals surface area contributed by atoms with Crippen LogP contribution in [0.4, 0.5) is 4.79 Å². The van der Waals surface area contributed by atoms with Crippen LogP contribution in [-0.2, 0) is 4.79 Å². The summed E-state index contributed by atoms with van der Waals surface area (Å²) in [6, 6.07) is -1.14. The number of nitrogens with zero attached hydrogens (tertiary/aromatic N) is 2. The van der Waals surface area contributed by atoms with E-state index in [0.717, 1.165) is 12.8 Å². The van der Waals surface area contributed by atoms with Gasteiger partial charge in [0, 0.05) is 26.1 Å². The lowest BCUT2D eigenvalue weighted by Crippen LogP contribution is -2.51. The summed E-state index contributed by atoms with van der Waals surface area (Å²) in [7, 11) is 0. The predicted octanol–water partition coefficient (Wildman–Crippen LogP) is 1.38. The third-order valence-corrected chi connectivity index (χ3v) is 4.80. The Balaban J connectivity index is 1.97. The number of hydrogen-bond donors (Lipinski definition) is 2. The van der Waals surface area contributed by atoms with Gasteiger partial charge < -0.3 is 20.0 Å². The first-order valence-electron chi connectivity index (χ1n) is 7.66. The van der Waals surface area contributed by atoms with E-state index in [2.05, 4.69) is 20.8 Å². The Kier molecular flexibility index (Phi) is 4.46. The molecule has 21 heavy (non-hydrogen) atoms. The molecular weight excluding hydrogens is 272 g/mol. The van der Waals surface area contributed by atoms with Gasteiger partial charge in [0.2, 0.25) is 0 Å². The maximum atomic E-state index is 12.5. The predicted molar refractivity (Wildman–Crippen MR) is 77.9 cm³/mol. The summed E-state index contributed by atoms with van der Waals surface area (Å²) in [4.78, 5) is 26.7. The molecule has 120 valence electrons. The lowest BCUT2D eigenvalue weighted by molar-refractivity contribution is -0.141. The van der Waals surface area contributed by atoms with Crippen LogP contribution in [0.25, 0.3) is 0 Å². The van der Waals surface area contributed by atoms with Crippen LogP contribution in [-0.4, -0.2) is 63.8 Å². The van der Waals surface area contributed by atoms with Crippen molar-refractivity contribution in [2.45, 2.75) is 52.2 Å². The highest BCUT2D eigenvalue weighted by molar-refractivity contribution is 5.83. The molecule has 0 aromatic carbocycles. The summed E-state index contributed by atoms with van der Waals surface area (Å²) in [6.45, 7) is 8.10. The maximum Gasteiger partial charge on any atom is 0.326 e. The highest BCUT2D eigenvalue weighted by Crippen LogP contribution is 2.34. The SMILES string of the molecule is CC(C)(C)C1CCN(C(=O)N2C[C@@H](O)C[C@H]2C(=O)O)CC1. The molecule has 0 radical (unpaired) electrons. The Morgan fingerprint density at radius 1 is 1.14 bits per heavy atom. The lowest BCUT2D eigenvalue weighted by Gasteiger charge is -2.40. The lowest BCUT2D eigenvalue weighted by atomic mass is 9.75. The first-order valence-corrected chi connectivity index (χ1v) is 7.66. The summed E-state index contributed by atoms with van der Waals surface area (Å²) in [5.41, 5.74) is 0.239. The maximum absolute atomic E-state index is 12.5. The molecule has 0 aliphatic carbocycles. The molecule has 2 fully saturated rings. The van der Waals surface area contributed by atoms with Crippen molar-refractivity contribution in [3.63, 3.8) is 0 Å². The number of carbonyl (C=O) groups is 2. The number of aliphatic hydroxyl groups is 1. The van der Waals surface area contributed by atoms with Gasteiger partial charge >= 0.3 is 12.0 Å². The normalized spacial score (nSPS) is 28.0. The smallest absolute Gasteiger partial charge is 0.326 e. The minimum atomic E-state index is -1.04.